The lowest BCUT2D eigenvalue weighted by Gasteiger charge is -2.05. The van der Waals surface area contributed by atoms with Crippen LogP contribution >= 0.6 is 0 Å². The maximum absolute atomic E-state index is 10.7. The van der Waals surface area contributed by atoms with Gasteiger partial charge in [0, 0.05) is 66.5 Å². The SMILES string of the molecule is C=C(C)C(=O)OCCC.C=C(C)C(=O)OCCC.C=C(C)C(=O)OCCC.C=C(C)C(=O)OCCC.C=CC(=O)O.C=CC(=O)O.C=CC(=O)OCCO.C=CC(C)=O.C=CN1CCCC1=O.C=CN1CCCC1=O.C=Cc1ccccc1.CCOS(C)(=O)=O. The Hall–Kier alpha value is -8.87. The summed E-state index contributed by atoms with van der Waals surface area (Å²) in [6, 6.07) is 10.0. The minimum absolute atomic E-state index is 0.0185. The van der Waals surface area contributed by atoms with Gasteiger partial charge >= 0.3 is 41.8 Å². The summed E-state index contributed by atoms with van der Waals surface area (Å²) >= 11 is 0. The van der Waals surface area contributed by atoms with Crippen LogP contribution in [0.1, 0.15) is 126 Å². The fraction of sp³-hybridized carbons (Fsp3) is 0.424. The Bertz CT molecular complexity index is 2250. The topological polar surface area (TPSA) is 327 Å². The van der Waals surface area contributed by atoms with Crippen molar-refractivity contribution in [3.05, 3.63) is 167 Å². The van der Waals surface area contributed by atoms with Crippen LogP contribution in [0.2, 0.25) is 0 Å². The Morgan fingerprint density at radius 1 is 0.511 bits per heavy atom. The van der Waals surface area contributed by atoms with Crippen LogP contribution in [0.25, 0.3) is 6.08 Å². The Balaban J connectivity index is -0.000000114. The smallest absolute Gasteiger partial charge is 0.333 e. The summed E-state index contributed by atoms with van der Waals surface area (Å²) in [5.41, 5.74) is 3.02. The number of benzene rings is 1. The van der Waals surface area contributed by atoms with Gasteiger partial charge in [0.05, 0.1) is 45.9 Å². The van der Waals surface area contributed by atoms with Gasteiger partial charge in [0.1, 0.15) is 6.61 Å². The number of ketones is 1. The van der Waals surface area contributed by atoms with Crippen LogP contribution in [-0.2, 0) is 85.9 Å². The number of esters is 5. The summed E-state index contributed by atoms with van der Waals surface area (Å²) in [7, 11) is -3.17. The van der Waals surface area contributed by atoms with Crippen LogP contribution in [0.15, 0.2) is 162 Å². The Morgan fingerprint density at radius 3 is 0.922 bits per heavy atom. The third-order valence-electron chi connectivity index (χ3n) is 8.31. The molecule has 1 aromatic carbocycles. The normalized spacial score (nSPS) is 10.4. The molecule has 2 saturated heterocycles. The highest BCUT2D eigenvalue weighted by Crippen LogP contribution is 2.09. The second-order valence-electron chi connectivity index (χ2n) is 17.1. The maximum Gasteiger partial charge on any atom is 0.333 e. The fourth-order valence-corrected chi connectivity index (χ4v) is 4.43. The zero-order valence-corrected chi connectivity index (χ0v) is 56.0. The Labute approximate surface area is 536 Å². The van der Waals surface area contributed by atoms with Gasteiger partial charge in [0.2, 0.25) is 11.8 Å². The molecule has 0 atom stereocenters. The van der Waals surface area contributed by atoms with E-state index in [1.165, 1.54) is 18.6 Å². The predicted octanol–water partition coefficient (Wildman–Crippen LogP) is 10.9. The van der Waals surface area contributed by atoms with Crippen LogP contribution in [0, 0.1) is 0 Å². The van der Waals surface area contributed by atoms with Gasteiger partial charge in [-0.25, -0.2) is 33.6 Å². The van der Waals surface area contributed by atoms with E-state index in [0.29, 0.717) is 61.6 Å². The number of rotatable bonds is 23. The maximum atomic E-state index is 10.7. The van der Waals surface area contributed by atoms with E-state index in [0.717, 1.165) is 76.1 Å². The first kappa shape index (κ1) is 100. The van der Waals surface area contributed by atoms with Gasteiger partial charge in [-0.15, -0.1) is 0 Å². The highest BCUT2D eigenvalue weighted by Gasteiger charge is 2.17. The second kappa shape index (κ2) is 72.6. The molecule has 2 aliphatic heterocycles. The molecule has 2 aliphatic rings. The van der Waals surface area contributed by atoms with E-state index in [1.54, 1.807) is 56.8 Å². The molecule has 0 saturated carbocycles. The molecule has 0 spiro atoms. The van der Waals surface area contributed by atoms with Gasteiger partial charge in [-0.3, -0.25) is 18.6 Å². The first-order valence-electron chi connectivity index (χ1n) is 27.9. The number of aliphatic carboxylic acids is 2. The summed E-state index contributed by atoms with van der Waals surface area (Å²) in [4.78, 5) is 105. The average molecular weight is 1290 g/mol. The van der Waals surface area contributed by atoms with Crippen molar-refractivity contribution in [3.63, 3.8) is 0 Å². The highest BCUT2D eigenvalue weighted by molar-refractivity contribution is 7.85. The molecule has 3 rings (SSSR count). The van der Waals surface area contributed by atoms with Crippen LogP contribution in [0.5, 0.6) is 0 Å². The number of carbonyl (C=O) groups is 10. The average Bonchev–Trinajstić information content (AvgIpc) is 4.40. The molecule has 24 heteroatoms. The first-order valence-corrected chi connectivity index (χ1v) is 29.7. The zero-order valence-electron chi connectivity index (χ0n) is 55.2. The lowest BCUT2D eigenvalue weighted by Crippen LogP contribution is -2.16. The van der Waals surface area contributed by atoms with E-state index in [9.17, 15) is 56.4 Å². The number of hydrogen-bond donors (Lipinski definition) is 3. The predicted molar refractivity (Wildman–Crippen MR) is 354 cm³/mol. The molecule has 2 fully saturated rings. The number of carbonyl (C=O) groups excluding carboxylic acids is 8. The van der Waals surface area contributed by atoms with Crippen LogP contribution in [0.4, 0.5) is 0 Å². The van der Waals surface area contributed by atoms with E-state index in [-0.39, 0.29) is 61.3 Å². The van der Waals surface area contributed by atoms with Crippen molar-refractivity contribution < 1.29 is 99.6 Å². The minimum Gasteiger partial charge on any atom is -0.478 e. The lowest BCUT2D eigenvalue weighted by atomic mass is 10.2. The molecule has 90 heavy (non-hydrogen) atoms. The first-order chi connectivity index (χ1) is 42.0. The third-order valence-corrected chi connectivity index (χ3v) is 8.97. The zero-order chi connectivity index (χ0) is 72.1. The molecule has 0 unspecified atom stereocenters. The minimum atomic E-state index is -3.17. The van der Waals surface area contributed by atoms with E-state index >= 15 is 0 Å². The molecule has 2 heterocycles. The van der Waals surface area contributed by atoms with Gasteiger partial charge in [0.15, 0.2) is 5.78 Å². The molecule has 23 nitrogen and oxygen atoms in total. The summed E-state index contributed by atoms with van der Waals surface area (Å²) in [6.07, 6.45) is 16.9. The number of nitrogens with zero attached hydrogens (tertiary/aromatic N) is 2. The number of carboxylic acid groups (broad SMARTS) is 2. The molecule has 0 aromatic heterocycles. The summed E-state index contributed by atoms with van der Waals surface area (Å²) in [5, 5.41) is 23.3. The van der Waals surface area contributed by atoms with Crippen molar-refractivity contribution in [1.82, 2.24) is 9.80 Å². The van der Waals surface area contributed by atoms with Crippen molar-refractivity contribution in [3.8, 4) is 0 Å². The standard InChI is InChI=1S/C8H8.4C7H12O2.2C6H9NO.C5H8O3.C4H6O.C3H8O3S.2C3H4O2/c1-2-8-6-4-3-5-7-8;4*1-4-5-9-7(8)6(2)3;2*1-2-7-5-3-4-6(7)8;1-2-5(7)8-4-3-6;1-3-4(2)5;1-3-6-7(2,4)5;2*1-2-3(4)5/h2-7H,1H2;4*2,4-5H2,1,3H3;2*2H,1,3-5H2;2,6H,1,3-4H2;3H,1H2,2H3;3H2,1-2H3;2*2H,1H2,(H,4,5). The molecular weight excluding hydrogens is 1190 g/mol. The molecule has 0 radical (unpaired) electrons. The van der Waals surface area contributed by atoms with Gasteiger partial charge in [-0.1, -0.05) is 136 Å². The van der Waals surface area contributed by atoms with Gasteiger partial charge < -0.3 is 48.8 Å². The molecular formula is C66H104N2O21S. The lowest BCUT2D eigenvalue weighted by molar-refractivity contribution is -0.139. The van der Waals surface area contributed by atoms with Crippen molar-refractivity contribution in [2.45, 2.75) is 121 Å². The fourth-order valence-electron chi connectivity index (χ4n) is 4.00. The largest absolute Gasteiger partial charge is 0.478 e. The summed E-state index contributed by atoms with van der Waals surface area (Å²) in [6.45, 7) is 57.9. The van der Waals surface area contributed by atoms with Crippen molar-refractivity contribution >= 4 is 75.6 Å². The van der Waals surface area contributed by atoms with Crippen molar-refractivity contribution in [2.75, 3.05) is 65.6 Å². The van der Waals surface area contributed by atoms with Crippen LogP contribution in [0.3, 0.4) is 0 Å². The van der Waals surface area contributed by atoms with Crippen LogP contribution in [-0.4, -0.2) is 159 Å². The molecule has 1 aromatic rings. The molecule has 3 N–H and O–H groups in total. The monoisotopic (exact) mass is 1290 g/mol. The molecule has 0 aliphatic carbocycles. The number of aliphatic hydroxyl groups excluding tert-OH is 1. The Kier molecular flexibility index (Phi) is 80.8. The summed E-state index contributed by atoms with van der Waals surface area (Å²) < 4.78 is 47.4. The molecule has 2 amide bonds. The van der Waals surface area contributed by atoms with Crippen molar-refractivity contribution in [2.24, 2.45) is 0 Å². The number of aliphatic hydroxyl groups is 1. The van der Waals surface area contributed by atoms with Crippen molar-refractivity contribution in [1.29, 1.82) is 0 Å². The second-order valence-corrected chi connectivity index (χ2v) is 18.8. The van der Waals surface area contributed by atoms with E-state index in [2.05, 4.69) is 81.3 Å². The number of carboxylic acids is 2. The highest BCUT2D eigenvalue weighted by atomic mass is 32.2. The number of ether oxygens (including phenoxy) is 5. The number of likely N-dealkylation sites (tertiary alicyclic amines) is 2. The van der Waals surface area contributed by atoms with E-state index in [1.807, 2.05) is 64.1 Å². The van der Waals surface area contributed by atoms with E-state index < -0.39 is 28.0 Å². The third kappa shape index (κ3) is 90.3. The number of allylic oxidation sites excluding steroid dienone is 1. The van der Waals surface area contributed by atoms with E-state index in [4.69, 9.17) is 34.3 Å². The van der Waals surface area contributed by atoms with Gasteiger partial charge in [-0.05, 0) is 104 Å². The van der Waals surface area contributed by atoms with Crippen LogP contribution < -0.4 is 0 Å². The Morgan fingerprint density at radius 2 is 0.800 bits per heavy atom. The quantitative estimate of drug-likeness (QED) is 0.0397. The molecule has 0 bridgehead atoms. The number of amides is 2. The van der Waals surface area contributed by atoms with Gasteiger partial charge in [-0.2, -0.15) is 8.42 Å². The number of hydrogen-bond acceptors (Lipinski definition) is 19. The molecule has 510 valence electrons. The van der Waals surface area contributed by atoms with Gasteiger partial charge in [0.25, 0.3) is 10.1 Å². The summed E-state index contributed by atoms with van der Waals surface area (Å²) in [5.74, 6) is -3.21.